The third-order valence-electron chi connectivity index (χ3n) is 7.05. The number of esters is 1. The van der Waals surface area contributed by atoms with Crippen LogP contribution in [0.3, 0.4) is 0 Å². The van der Waals surface area contributed by atoms with Crippen molar-refractivity contribution in [2.75, 3.05) is 7.11 Å². The monoisotopic (exact) mass is 650 g/mol. The summed E-state index contributed by atoms with van der Waals surface area (Å²) in [5.41, 5.74) is 5.68. The Kier molecular flexibility index (Phi) is 7.94. The maximum Gasteiger partial charge on any atom is 0.347 e. The summed E-state index contributed by atoms with van der Waals surface area (Å²) in [5.74, 6) is 0.287. The van der Waals surface area contributed by atoms with E-state index in [9.17, 15) is 4.79 Å². The van der Waals surface area contributed by atoms with Gasteiger partial charge in [0.2, 0.25) is 0 Å². The molecule has 6 heteroatoms. The Bertz CT molecular complexity index is 1660. The van der Waals surface area contributed by atoms with Gasteiger partial charge < -0.3 is 9.47 Å². The predicted molar refractivity (Wildman–Crippen MR) is 166 cm³/mol. The number of benzene rings is 4. The molecule has 0 fully saturated rings. The first-order chi connectivity index (χ1) is 18.3. The molecule has 0 aliphatic carbocycles. The normalized spacial score (nSPS) is 12.2. The van der Waals surface area contributed by atoms with Gasteiger partial charge in [0, 0.05) is 21.2 Å². The Morgan fingerprint density at radius 1 is 0.974 bits per heavy atom. The zero-order valence-electron chi connectivity index (χ0n) is 21.7. The quantitative estimate of drug-likeness (QED) is 0.164. The minimum atomic E-state index is -0.753. The molecule has 0 saturated carbocycles. The topological polar surface area (TPSA) is 35.5 Å². The number of carbonyl (C=O) groups is 1. The van der Waals surface area contributed by atoms with Gasteiger partial charge >= 0.3 is 5.97 Å². The number of carbonyl (C=O) groups excluding carboxylic acids is 1. The maximum absolute atomic E-state index is 12.7. The van der Waals surface area contributed by atoms with Gasteiger partial charge in [0.05, 0.1) is 16.3 Å². The number of hydrogen-bond acceptors (Lipinski definition) is 4. The molecule has 0 N–H and O–H groups in total. The van der Waals surface area contributed by atoms with E-state index in [2.05, 4.69) is 89.0 Å². The second-order valence-electron chi connectivity index (χ2n) is 9.34. The third kappa shape index (κ3) is 4.90. The van der Waals surface area contributed by atoms with Gasteiger partial charge in [0.25, 0.3) is 0 Å². The summed E-state index contributed by atoms with van der Waals surface area (Å²) in [7, 11) is 1.40. The lowest BCUT2D eigenvalue weighted by atomic mass is 9.91. The number of rotatable bonds is 7. The van der Waals surface area contributed by atoms with Crippen LogP contribution < -0.4 is 4.74 Å². The molecule has 0 bridgehead atoms. The fourth-order valence-electron chi connectivity index (χ4n) is 5.00. The van der Waals surface area contributed by atoms with Crippen LogP contribution in [0.1, 0.15) is 28.5 Å². The second kappa shape index (κ2) is 11.2. The fourth-order valence-corrected chi connectivity index (χ4v) is 7.50. The number of fused-ring (bicyclic) bond motifs is 2. The summed E-state index contributed by atoms with van der Waals surface area (Å²) < 4.78 is 14.7. The van der Waals surface area contributed by atoms with Gasteiger partial charge in [-0.05, 0) is 103 Å². The summed E-state index contributed by atoms with van der Waals surface area (Å²) in [6.07, 6.45) is 0.424. The Labute approximate surface area is 244 Å². The molecule has 0 aliphatic rings. The van der Waals surface area contributed by atoms with E-state index in [1.807, 2.05) is 41.7 Å². The molecule has 0 amide bonds. The molecule has 0 spiro atoms. The molecular weight excluding hydrogens is 624 g/mol. The average Bonchev–Trinajstić information content (AvgIpc) is 3.23. The summed E-state index contributed by atoms with van der Waals surface area (Å²) >= 11 is 9.53. The molecule has 1 heterocycles. The van der Waals surface area contributed by atoms with Gasteiger partial charge in [0.15, 0.2) is 6.10 Å². The number of hydrogen-bond donors (Lipinski definition) is 0. The Morgan fingerprint density at radius 3 is 2.34 bits per heavy atom. The smallest absolute Gasteiger partial charge is 0.347 e. The molecule has 4 aromatic carbocycles. The van der Waals surface area contributed by atoms with Crippen molar-refractivity contribution in [1.29, 1.82) is 0 Å². The van der Waals surface area contributed by atoms with Crippen molar-refractivity contribution in [3.8, 4) is 16.9 Å². The van der Waals surface area contributed by atoms with Crippen LogP contribution in [0.2, 0.25) is 0 Å². The summed E-state index contributed by atoms with van der Waals surface area (Å²) in [5, 5.41) is 3.67. The van der Waals surface area contributed by atoms with Gasteiger partial charge in [-0.2, -0.15) is 0 Å². The van der Waals surface area contributed by atoms with Crippen LogP contribution in [0, 0.1) is 13.8 Å². The summed E-state index contributed by atoms with van der Waals surface area (Å²) in [4.78, 5) is 14.0. The van der Waals surface area contributed by atoms with Gasteiger partial charge in [-0.15, -0.1) is 11.3 Å². The van der Waals surface area contributed by atoms with E-state index in [4.69, 9.17) is 9.47 Å². The minimum Gasteiger partial charge on any atom is -0.477 e. The summed E-state index contributed by atoms with van der Waals surface area (Å²) in [6, 6.07) is 22.7. The first-order valence-corrected chi connectivity index (χ1v) is 14.9. The van der Waals surface area contributed by atoms with Gasteiger partial charge in [-0.25, -0.2) is 4.79 Å². The fraction of sp³-hybridized carbons (Fsp3) is 0.219. The van der Waals surface area contributed by atoms with Crippen molar-refractivity contribution >= 4 is 70.0 Å². The first kappa shape index (κ1) is 26.9. The second-order valence-corrected chi connectivity index (χ2v) is 12.2. The highest BCUT2D eigenvalue weighted by atomic mass is 79.9. The zero-order chi connectivity index (χ0) is 27.0. The maximum atomic E-state index is 12.7. The van der Waals surface area contributed by atoms with Crippen molar-refractivity contribution in [1.82, 2.24) is 0 Å². The molecule has 1 atom stereocenters. The van der Waals surface area contributed by atoms with E-state index in [0.29, 0.717) is 12.2 Å². The molecule has 0 aliphatic heterocycles. The van der Waals surface area contributed by atoms with Crippen LogP contribution in [0.25, 0.3) is 32.0 Å². The SMILES string of the molecule is CCc1cc(-c2c3ccccc3c(Br)c3sc(C)c(C)c23)cc(Br)c1O[C@H](Cc1ccccc1)C(=O)OC. The molecule has 0 unspecified atom stereocenters. The van der Waals surface area contributed by atoms with Gasteiger partial charge in [-0.1, -0.05) is 61.5 Å². The third-order valence-corrected chi connectivity index (χ3v) is 9.95. The van der Waals surface area contributed by atoms with E-state index in [1.54, 1.807) is 0 Å². The Hall–Kier alpha value is -2.67. The Balaban J connectivity index is 1.67. The standard InChI is InChI=1S/C32H28Br2O3S/c1-5-21-16-22(17-25(33)30(21)37-26(32(35)36-4)15-20-11-7-6-8-12-20)28-23-13-9-10-14-24(23)29(34)31-27(28)18(2)19(3)38-31/h6-14,16-17,26H,5,15H2,1-4H3/t26-/m1/s1. The number of methoxy groups -OCH3 is 1. The van der Waals surface area contributed by atoms with Gasteiger partial charge in [-0.3, -0.25) is 0 Å². The van der Waals surface area contributed by atoms with Crippen LogP contribution in [-0.2, 0) is 22.4 Å². The molecule has 0 saturated heterocycles. The molecule has 1 aromatic heterocycles. The molecule has 194 valence electrons. The van der Waals surface area contributed by atoms with E-state index < -0.39 is 12.1 Å². The van der Waals surface area contributed by atoms with E-state index in [-0.39, 0.29) is 0 Å². The van der Waals surface area contributed by atoms with E-state index in [1.165, 1.54) is 44.0 Å². The molecule has 5 aromatic rings. The number of aryl methyl sites for hydroxylation is 3. The molecule has 38 heavy (non-hydrogen) atoms. The molecule has 3 nitrogen and oxygen atoms in total. The van der Waals surface area contributed by atoms with Crippen molar-refractivity contribution in [2.45, 2.75) is 39.7 Å². The highest BCUT2D eigenvalue weighted by molar-refractivity contribution is 9.11. The molecular formula is C32H28Br2O3S. The van der Waals surface area contributed by atoms with Crippen LogP contribution >= 0.6 is 43.2 Å². The van der Waals surface area contributed by atoms with Crippen LogP contribution in [0.4, 0.5) is 0 Å². The van der Waals surface area contributed by atoms with E-state index >= 15 is 0 Å². The molecule has 0 radical (unpaired) electrons. The van der Waals surface area contributed by atoms with Gasteiger partial charge in [0.1, 0.15) is 5.75 Å². The van der Waals surface area contributed by atoms with E-state index in [0.717, 1.165) is 32.1 Å². The first-order valence-electron chi connectivity index (χ1n) is 12.5. The van der Waals surface area contributed by atoms with Crippen molar-refractivity contribution in [2.24, 2.45) is 0 Å². The number of thiophene rings is 1. The number of ether oxygens (including phenoxy) is 2. The Morgan fingerprint density at radius 2 is 1.66 bits per heavy atom. The lowest BCUT2D eigenvalue weighted by molar-refractivity contribution is -0.148. The lowest BCUT2D eigenvalue weighted by Gasteiger charge is -2.22. The highest BCUT2D eigenvalue weighted by Crippen LogP contribution is 2.48. The average molecular weight is 652 g/mol. The minimum absolute atomic E-state index is 0.392. The van der Waals surface area contributed by atoms with Crippen molar-refractivity contribution < 1.29 is 14.3 Å². The lowest BCUT2D eigenvalue weighted by Crippen LogP contribution is -2.31. The predicted octanol–water partition coefficient (Wildman–Crippen LogP) is 9.59. The largest absolute Gasteiger partial charge is 0.477 e. The van der Waals surface area contributed by atoms with Crippen LogP contribution in [0.15, 0.2) is 75.7 Å². The molecule has 5 rings (SSSR count). The number of halogens is 2. The van der Waals surface area contributed by atoms with Crippen LogP contribution in [0.5, 0.6) is 5.75 Å². The van der Waals surface area contributed by atoms with Crippen molar-refractivity contribution in [3.05, 3.63) is 97.2 Å². The zero-order valence-corrected chi connectivity index (χ0v) is 25.7. The summed E-state index contributed by atoms with van der Waals surface area (Å²) in [6.45, 7) is 6.50. The van der Waals surface area contributed by atoms with Crippen LogP contribution in [-0.4, -0.2) is 19.2 Å². The highest BCUT2D eigenvalue weighted by Gasteiger charge is 2.26. The van der Waals surface area contributed by atoms with Crippen molar-refractivity contribution in [3.63, 3.8) is 0 Å².